The molecule has 0 unspecified atom stereocenters. The Balaban J connectivity index is 2.82. The van der Waals surface area contributed by atoms with Gasteiger partial charge in [-0.3, -0.25) is 0 Å². The molecule has 4 heteroatoms. The summed E-state index contributed by atoms with van der Waals surface area (Å²) in [6.07, 6.45) is 0. The van der Waals surface area contributed by atoms with Crippen LogP contribution in [0.4, 0.5) is 5.69 Å². The highest BCUT2D eigenvalue weighted by Crippen LogP contribution is 2.20. The number of aromatic amines is 2. The van der Waals surface area contributed by atoms with Crippen LogP contribution < -0.4 is 10.6 Å². The summed E-state index contributed by atoms with van der Waals surface area (Å²) < 4.78 is 0. The topological polar surface area (TPSA) is 51.9 Å². The zero-order valence-electron chi connectivity index (χ0n) is 7.59. The van der Waals surface area contributed by atoms with E-state index in [1.807, 2.05) is 37.2 Å². The van der Waals surface area contributed by atoms with Crippen molar-refractivity contribution in [3.8, 4) is 0 Å². The van der Waals surface area contributed by atoms with Gasteiger partial charge in [-0.25, -0.2) is 4.79 Å². The lowest BCUT2D eigenvalue weighted by Gasteiger charge is -2.12. The lowest BCUT2D eigenvalue weighted by molar-refractivity contribution is 1.13. The first-order chi connectivity index (χ1) is 6.18. The maximum absolute atomic E-state index is 11.0. The molecule has 68 valence electrons. The molecule has 4 nitrogen and oxygen atoms in total. The van der Waals surface area contributed by atoms with Gasteiger partial charge >= 0.3 is 5.69 Å². The molecule has 0 amide bonds. The Hall–Kier alpha value is -1.71. The molecule has 0 fully saturated rings. The number of para-hydroxylation sites is 1. The fourth-order valence-electron chi connectivity index (χ4n) is 1.42. The van der Waals surface area contributed by atoms with E-state index in [1.54, 1.807) is 0 Å². The normalized spacial score (nSPS) is 10.6. The fraction of sp³-hybridized carbons (Fsp3) is 0.222. The van der Waals surface area contributed by atoms with Gasteiger partial charge in [0.2, 0.25) is 0 Å². The number of imidazole rings is 1. The van der Waals surface area contributed by atoms with Crippen LogP contribution in [0.1, 0.15) is 0 Å². The highest BCUT2D eigenvalue weighted by atomic mass is 16.1. The van der Waals surface area contributed by atoms with Crippen LogP contribution in [-0.4, -0.2) is 24.1 Å². The Labute approximate surface area is 75.2 Å². The number of fused-ring (bicyclic) bond motifs is 1. The van der Waals surface area contributed by atoms with Gasteiger partial charge in [0.25, 0.3) is 0 Å². The third-order valence-electron chi connectivity index (χ3n) is 2.01. The number of anilines is 1. The van der Waals surface area contributed by atoms with Crippen molar-refractivity contribution in [3.05, 3.63) is 28.7 Å². The van der Waals surface area contributed by atoms with Gasteiger partial charge in [-0.1, -0.05) is 6.07 Å². The Bertz CT molecular complexity index is 481. The SMILES string of the molecule is CN(C)c1cccc2[nH]c(=O)[nH]c12. The van der Waals surface area contributed by atoms with E-state index < -0.39 is 0 Å². The average Bonchev–Trinajstić information content (AvgIpc) is 2.43. The minimum Gasteiger partial charge on any atom is -0.376 e. The van der Waals surface area contributed by atoms with Crippen LogP contribution in [0.2, 0.25) is 0 Å². The molecule has 0 atom stereocenters. The third-order valence-corrected chi connectivity index (χ3v) is 2.01. The van der Waals surface area contributed by atoms with E-state index >= 15 is 0 Å². The molecule has 0 bridgehead atoms. The summed E-state index contributed by atoms with van der Waals surface area (Å²) in [7, 11) is 3.89. The zero-order valence-corrected chi connectivity index (χ0v) is 7.59. The van der Waals surface area contributed by atoms with Gasteiger partial charge in [-0.15, -0.1) is 0 Å². The Morgan fingerprint density at radius 1 is 1.23 bits per heavy atom. The van der Waals surface area contributed by atoms with Crippen molar-refractivity contribution in [2.24, 2.45) is 0 Å². The Morgan fingerprint density at radius 3 is 2.69 bits per heavy atom. The minimum absolute atomic E-state index is 0.163. The van der Waals surface area contributed by atoms with Gasteiger partial charge in [0.1, 0.15) is 0 Å². The van der Waals surface area contributed by atoms with Crippen LogP contribution in [0, 0.1) is 0 Å². The molecule has 0 radical (unpaired) electrons. The van der Waals surface area contributed by atoms with E-state index in [0.717, 1.165) is 16.7 Å². The molecular formula is C9H11N3O. The van der Waals surface area contributed by atoms with Crippen molar-refractivity contribution >= 4 is 16.7 Å². The summed E-state index contributed by atoms with van der Waals surface area (Å²) in [6.45, 7) is 0. The van der Waals surface area contributed by atoms with Crippen molar-refractivity contribution in [2.45, 2.75) is 0 Å². The lowest BCUT2D eigenvalue weighted by atomic mass is 10.2. The smallest absolute Gasteiger partial charge is 0.323 e. The number of hydrogen-bond donors (Lipinski definition) is 2. The van der Waals surface area contributed by atoms with E-state index in [4.69, 9.17) is 0 Å². The first kappa shape index (κ1) is 7.91. The van der Waals surface area contributed by atoms with E-state index in [9.17, 15) is 4.79 Å². The van der Waals surface area contributed by atoms with Crippen LogP contribution >= 0.6 is 0 Å². The van der Waals surface area contributed by atoms with Crippen molar-refractivity contribution < 1.29 is 0 Å². The third kappa shape index (κ3) is 1.20. The molecule has 0 aliphatic carbocycles. The van der Waals surface area contributed by atoms with E-state index in [0.29, 0.717) is 0 Å². The monoisotopic (exact) mass is 177 g/mol. The van der Waals surface area contributed by atoms with Gasteiger partial charge in [-0.2, -0.15) is 0 Å². The molecule has 13 heavy (non-hydrogen) atoms. The first-order valence-corrected chi connectivity index (χ1v) is 4.07. The second-order valence-corrected chi connectivity index (χ2v) is 3.17. The highest BCUT2D eigenvalue weighted by molar-refractivity contribution is 5.88. The molecule has 0 saturated carbocycles. The molecule has 1 aromatic carbocycles. The van der Waals surface area contributed by atoms with Gasteiger partial charge in [0.15, 0.2) is 0 Å². The molecule has 0 aliphatic rings. The van der Waals surface area contributed by atoms with E-state index in [1.165, 1.54) is 0 Å². The van der Waals surface area contributed by atoms with Crippen molar-refractivity contribution in [1.82, 2.24) is 9.97 Å². The Kier molecular flexibility index (Phi) is 1.62. The molecule has 2 N–H and O–H groups in total. The van der Waals surface area contributed by atoms with E-state index in [-0.39, 0.29) is 5.69 Å². The van der Waals surface area contributed by atoms with Crippen molar-refractivity contribution in [1.29, 1.82) is 0 Å². The van der Waals surface area contributed by atoms with Crippen molar-refractivity contribution in [3.63, 3.8) is 0 Å². The number of nitrogens with zero attached hydrogens (tertiary/aromatic N) is 1. The van der Waals surface area contributed by atoms with Gasteiger partial charge in [0.05, 0.1) is 16.7 Å². The van der Waals surface area contributed by atoms with Crippen LogP contribution in [0.15, 0.2) is 23.0 Å². The fourth-order valence-corrected chi connectivity index (χ4v) is 1.42. The second kappa shape index (κ2) is 2.65. The Morgan fingerprint density at radius 2 is 2.00 bits per heavy atom. The zero-order chi connectivity index (χ0) is 9.42. The lowest BCUT2D eigenvalue weighted by Crippen LogP contribution is -2.09. The number of H-pyrrole nitrogens is 2. The number of rotatable bonds is 1. The van der Waals surface area contributed by atoms with Crippen LogP contribution in [0.3, 0.4) is 0 Å². The number of hydrogen-bond acceptors (Lipinski definition) is 2. The number of benzene rings is 1. The summed E-state index contributed by atoms with van der Waals surface area (Å²) in [5, 5.41) is 0. The predicted molar refractivity (Wildman–Crippen MR) is 53.2 cm³/mol. The first-order valence-electron chi connectivity index (χ1n) is 4.07. The quantitative estimate of drug-likeness (QED) is 0.680. The number of aromatic nitrogens is 2. The molecule has 0 saturated heterocycles. The van der Waals surface area contributed by atoms with Gasteiger partial charge in [0, 0.05) is 14.1 Å². The largest absolute Gasteiger partial charge is 0.376 e. The van der Waals surface area contributed by atoms with Crippen molar-refractivity contribution in [2.75, 3.05) is 19.0 Å². The molecule has 0 spiro atoms. The summed E-state index contributed by atoms with van der Waals surface area (Å²) in [4.78, 5) is 18.5. The van der Waals surface area contributed by atoms with Gasteiger partial charge < -0.3 is 14.9 Å². The highest BCUT2D eigenvalue weighted by Gasteiger charge is 2.04. The van der Waals surface area contributed by atoms with Crippen LogP contribution in [0.25, 0.3) is 11.0 Å². The maximum atomic E-state index is 11.0. The van der Waals surface area contributed by atoms with E-state index in [2.05, 4.69) is 9.97 Å². The van der Waals surface area contributed by atoms with Crippen LogP contribution in [-0.2, 0) is 0 Å². The van der Waals surface area contributed by atoms with Crippen LogP contribution in [0.5, 0.6) is 0 Å². The maximum Gasteiger partial charge on any atom is 0.323 e. The summed E-state index contributed by atoms with van der Waals surface area (Å²) in [5.74, 6) is 0. The molecule has 1 aromatic heterocycles. The molecule has 2 aromatic rings. The molecule has 0 aliphatic heterocycles. The molecular weight excluding hydrogens is 166 g/mol. The summed E-state index contributed by atoms with van der Waals surface area (Å²) in [5.41, 5.74) is 2.55. The van der Waals surface area contributed by atoms with Gasteiger partial charge in [-0.05, 0) is 12.1 Å². The second-order valence-electron chi connectivity index (χ2n) is 3.17. The molecule has 1 heterocycles. The average molecular weight is 177 g/mol. The number of nitrogens with one attached hydrogen (secondary N) is 2. The minimum atomic E-state index is -0.163. The summed E-state index contributed by atoms with van der Waals surface area (Å²) in [6, 6.07) is 5.76. The standard InChI is InChI=1S/C9H11N3O/c1-12(2)7-5-3-4-6-8(7)11-9(13)10-6/h3-5H,1-2H3,(H2,10,11,13). The molecule has 2 rings (SSSR count). The summed E-state index contributed by atoms with van der Waals surface area (Å²) >= 11 is 0. The predicted octanol–water partition coefficient (Wildman–Crippen LogP) is 0.922.